The maximum absolute atomic E-state index is 4.58. The summed E-state index contributed by atoms with van der Waals surface area (Å²) in [6.45, 7) is 0.708. The number of nitrogens with zero attached hydrogens (tertiary/aromatic N) is 4. The van der Waals surface area contributed by atoms with Gasteiger partial charge < -0.3 is 5.32 Å². The second-order valence-corrected chi connectivity index (χ2v) is 5.29. The molecule has 0 saturated carbocycles. The third-order valence-electron chi connectivity index (χ3n) is 3.03. The molecule has 0 amide bonds. The molecule has 0 fully saturated rings. The van der Waals surface area contributed by atoms with E-state index in [1.807, 2.05) is 49.2 Å². The summed E-state index contributed by atoms with van der Waals surface area (Å²) >= 11 is 1.63. The molecule has 3 aromatic rings. The molecule has 0 radical (unpaired) electrons. The molecule has 0 bridgehead atoms. The fourth-order valence-corrected chi connectivity index (χ4v) is 2.38. The maximum atomic E-state index is 4.58. The van der Waals surface area contributed by atoms with Gasteiger partial charge in [-0.25, -0.2) is 4.98 Å². The molecular weight excluding hydrogens is 269 g/mol. The Labute approximate surface area is 122 Å². The number of aromatic nitrogens is 4. The zero-order valence-corrected chi connectivity index (χ0v) is 12.2. The van der Waals surface area contributed by atoms with Gasteiger partial charge in [0.1, 0.15) is 18.7 Å². The molecule has 0 atom stereocenters. The van der Waals surface area contributed by atoms with Crippen molar-refractivity contribution >= 4 is 36.5 Å². The van der Waals surface area contributed by atoms with Crippen LogP contribution in [-0.2, 0) is 6.54 Å². The lowest BCUT2D eigenvalue weighted by Crippen LogP contribution is -2.09. The summed E-state index contributed by atoms with van der Waals surface area (Å²) in [6.07, 6.45) is 7.49. The summed E-state index contributed by atoms with van der Waals surface area (Å²) < 4.78 is 1.84. The summed E-state index contributed by atoms with van der Waals surface area (Å²) in [6, 6.07) is 5.99. The van der Waals surface area contributed by atoms with E-state index in [9.17, 15) is 0 Å². The highest BCUT2D eigenvalue weighted by molar-refractivity contribution is 7.98. The maximum Gasteiger partial charge on any atom is 0.152 e. The van der Waals surface area contributed by atoms with Crippen molar-refractivity contribution in [2.75, 3.05) is 11.6 Å². The molecule has 5 nitrogen and oxygen atoms in total. The zero-order valence-electron chi connectivity index (χ0n) is 11.4. The third kappa shape index (κ3) is 2.49. The van der Waals surface area contributed by atoms with E-state index < -0.39 is 0 Å². The highest BCUT2D eigenvalue weighted by Crippen LogP contribution is 2.18. The molecule has 3 heterocycles. The Hall–Kier alpha value is -2.02. The lowest BCUT2D eigenvalue weighted by atomic mass is 10.0. The van der Waals surface area contributed by atoms with Gasteiger partial charge >= 0.3 is 0 Å². The van der Waals surface area contributed by atoms with E-state index in [0.717, 1.165) is 27.5 Å². The highest BCUT2D eigenvalue weighted by atomic mass is 32.2. The van der Waals surface area contributed by atoms with Crippen molar-refractivity contribution in [3.63, 3.8) is 0 Å². The number of nitrogens with one attached hydrogen (secondary N) is 1. The monoisotopic (exact) mass is 283 g/mol. The minimum Gasteiger partial charge on any atom is -0.366 e. The smallest absolute Gasteiger partial charge is 0.152 e. The van der Waals surface area contributed by atoms with Crippen molar-refractivity contribution < 1.29 is 0 Å². The van der Waals surface area contributed by atoms with Crippen LogP contribution in [0.4, 0.5) is 5.82 Å². The van der Waals surface area contributed by atoms with Crippen LogP contribution in [0.1, 0.15) is 5.56 Å². The van der Waals surface area contributed by atoms with Gasteiger partial charge in [0.25, 0.3) is 0 Å². The van der Waals surface area contributed by atoms with E-state index in [4.69, 9.17) is 0 Å². The van der Waals surface area contributed by atoms with Gasteiger partial charge in [-0.05, 0) is 23.3 Å². The predicted octanol–water partition coefficient (Wildman–Crippen LogP) is 0.717. The van der Waals surface area contributed by atoms with E-state index in [2.05, 4.69) is 20.4 Å². The molecule has 0 aliphatic rings. The molecule has 0 aromatic carbocycles. The number of fused-ring (bicyclic) bond motifs is 1. The van der Waals surface area contributed by atoms with Crippen LogP contribution in [0.25, 0.3) is 5.65 Å². The van der Waals surface area contributed by atoms with Crippen molar-refractivity contribution in [2.45, 2.75) is 11.6 Å². The van der Waals surface area contributed by atoms with Crippen molar-refractivity contribution in [1.29, 1.82) is 0 Å². The Morgan fingerprint density at radius 3 is 3.05 bits per heavy atom. The first-order valence-electron chi connectivity index (χ1n) is 6.30. The zero-order chi connectivity index (χ0) is 13.9. The summed E-state index contributed by atoms with van der Waals surface area (Å²) in [4.78, 5) is 8.70. The summed E-state index contributed by atoms with van der Waals surface area (Å²) in [5.74, 6) is 0.941. The van der Waals surface area contributed by atoms with Crippen LogP contribution in [0.3, 0.4) is 0 Å². The quantitative estimate of drug-likeness (QED) is 0.434. The molecule has 0 saturated heterocycles. The second-order valence-electron chi connectivity index (χ2n) is 4.46. The van der Waals surface area contributed by atoms with Crippen molar-refractivity contribution in [3.05, 3.63) is 42.4 Å². The Balaban J connectivity index is 1.94. The minimum atomic E-state index is 0.708. The second kappa shape index (κ2) is 5.54. The molecule has 7 heteroatoms. The number of anilines is 1. The lowest BCUT2D eigenvalue weighted by molar-refractivity contribution is 0.903. The van der Waals surface area contributed by atoms with Crippen molar-refractivity contribution in [2.24, 2.45) is 0 Å². The van der Waals surface area contributed by atoms with E-state index in [1.54, 1.807) is 18.0 Å². The minimum absolute atomic E-state index is 0.708. The average molecular weight is 283 g/mol. The molecule has 0 aliphatic carbocycles. The molecule has 0 unspecified atom stereocenters. The standard InChI is InChI=1S/C13H14BN5S/c1-20-12-5-11(16-7-9-3-2-4-15-6-9)19-13(18-12)10(14)8-17-19/h2-6,8,16H,7,14H2,1H3. The molecule has 3 aromatic heterocycles. The number of hydrogen-bond acceptors (Lipinski definition) is 5. The fraction of sp³-hybridized carbons (Fsp3) is 0.154. The lowest BCUT2D eigenvalue weighted by Gasteiger charge is -2.10. The molecule has 0 aliphatic heterocycles. The molecule has 20 heavy (non-hydrogen) atoms. The van der Waals surface area contributed by atoms with Gasteiger partial charge in [0, 0.05) is 31.2 Å². The van der Waals surface area contributed by atoms with Gasteiger partial charge in [-0.15, -0.1) is 11.8 Å². The molecule has 3 rings (SSSR count). The van der Waals surface area contributed by atoms with Crippen LogP contribution in [0.15, 0.2) is 41.8 Å². The first-order valence-corrected chi connectivity index (χ1v) is 7.52. The number of pyridine rings is 1. The Bertz CT molecular complexity index is 728. The van der Waals surface area contributed by atoms with Crippen LogP contribution in [0.2, 0.25) is 0 Å². The number of rotatable bonds is 4. The summed E-state index contributed by atoms with van der Waals surface area (Å²) in [5, 5.41) is 8.75. The SMILES string of the molecule is Bc1cnn2c(NCc3cccnc3)cc(SC)nc12. The van der Waals surface area contributed by atoms with E-state index in [0.29, 0.717) is 6.54 Å². The van der Waals surface area contributed by atoms with Crippen LogP contribution in [0.5, 0.6) is 0 Å². The fourth-order valence-electron chi connectivity index (χ4n) is 1.98. The van der Waals surface area contributed by atoms with Crippen molar-refractivity contribution in [1.82, 2.24) is 19.6 Å². The number of hydrogen-bond donors (Lipinski definition) is 1. The third-order valence-corrected chi connectivity index (χ3v) is 3.66. The van der Waals surface area contributed by atoms with Gasteiger partial charge in [0.15, 0.2) is 5.65 Å². The normalized spacial score (nSPS) is 10.8. The van der Waals surface area contributed by atoms with Gasteiger partial charge in [0.05, 0.1) is 0 Å². The Morgan fingerprint density at radius 1 is 1.40 bits per heavy atom. The van der Waals surface area contributed by atoms with Crippen LogP contribution < -0.4 is 10.8 Å². The first kappa shape index (κ1) is 13.0. The molecular formula is C13H14BN5S. The van der Waals surface area contributed by atoms with Gasteiger partial charge in [-0.3, -0.25) is 4.98 Å². The predicted molar refractivity (Wildman–Crippen MR) is 84.5 cm³/mol. The van der Waals surface area contributed by atoms with Crippen LogP contribution >= 0.6 is 11.8 Å². The summed E-state index contributed by atoms with van der Waals surface area (Å²) in [5.41, 5.74) is 3.10. The highest BCUT2D eigenvalue weighted by Gasteiger charge is 2.08. The van der Waals surface area contributed by atoms with E-state index >= 15 is 0 Å². The molecule has 100 valence electrons. The Kier molecular flexibility index (Phi) is 3.60. The topological polar surface area (TPSA) is 55.1 Å². The first-order chi connectivity index (χ1) is 9.78. The summed E-state index contributed by atoms with van der Waals surface area (Å²) in [7, 11) is 2.02. The Morgan fingerprint density at radius 2 is 2.30 bits per heavy atom. The van der Waals surface area contributed by atoms with Crippen LogP contribution in [-0.4, -0.2) is 33.7 Å². The van der Waals surface area contributed by atoms with Gasteiger partial charge in [0.2, 0.25) is 0 Å². The molecule has 1 N–H and O–H groups in total. The molecule has 0 spiro atoms. The van der Waals surface area contributed by atoms with Crippen LogP contribution in [0, 0.1) is 0 Å². The van der Waals surface area contributed by atoms with Crippen molar-refractivity contribution in [3.8, 4) is 0 Å². The van der Waals surface area contributed by atoms with Gasteiger partial charge in [-0.1, -0.05) is 6.07 Å². The van der Waals surface area contributed by atoms with E-state index in [-0.39, 0.29) is 0 Å². The largest absolute Gasteiger partial charge is 0.366 e. The van der Waals surface area contributed by atoms with Gasteiger partial charge in [-0.2, -0.15) is 9.61 Å². The average Bonchev–Trinajstić information content (AvgIpc) is 2.87. The number of thioether (sulfide) groups is 1. The van der Waals surface area contributed by atoms with E-state index in [1.165, 1.54) is 0 Å².